The van der Waals surface area contributed by atoms with Crippen molar-refractivity contribution < 1.29 is 9.66 Å². The van der Waals surface area contributed by atoms with Crippen molar-refractivity contribution in [2.45, 2.75) is 0 Å². The molecule has 0 saturated carbocycles. The van der Waals surface area contributed by atoms with E-state index in [4.69, 9.17) is 4.74 Å². The van der Waals surface area contributed by atoms with Gasteiger partial charge in [0, 0.05) is 24.7 Å². The number of thiophene rings is 1. The summed E-state index contributed by atoms with van der Waals surface area (Å²) in [5.74, 6) is 0. The van der Waals surface area contributed by atoms with E-state index in [1.54, 1.807) is 6.07 Å². The summed E-state index contributed by atoms with van der Waals surface area (Å²) in [6.45, 7) is 2.84. The number of hydrogen-bond acceptors (Lipinski definition) is 5. The predicted octanol–water partition coefficient (Wildman–Crippen LogP) is 4.31. The summed E-state index contributed by atoms with van der Waals surface area (Å²) in [5.41, 5.74) is 1.94. The number of fused-ring (bicyclic) bond motifs is 1. The molecule has 5 nitrogen and oxygen atoms in total. The van der Waals surface area contributed by atoms with E-state index in [9.17, 15) is 10.1 Å². The average molecular weight is 340 g/mol. The fourth-order valence-corrected chi connectivity index (χ4v) is 4.07. The quantitative estimate of drug-likeness (QED) is 0.526. The minimum Gasteiger partial charge on any atom is -0.378 e. The van der Waals surface area contributed by atoms with Crippen molar-refractivity contribution in [3.05, 3.63) is 58.6 Å². The fraction of sp³-hybridized carbons (Fsp3) is 0.222. The molecule has 0 spiro atoms. The minimum atomic E-state index is -0.306. The number of nitrogens with zero attached hydrogens (tertiary/aromatic N) is 2. The van der Waals surface area contributed by atoms with Gasteiger partial charge in [-0.1, -0.05) is 36.4 Å². The summed E-state index contributed by atoms with van der Waals surface area (Å²) in [4.78, 5) is 13.1. The maximum Gasteiger partial charge on any atom is 0.326 e. The van der Waals surface area contributed by atoms with E-state index >= 15 is 0 Å². The predicted molar refractivity (Wildman–Crippen MR) is 96.9 cm³/mol. The third-order valence-electron chi connectivity index (χ3n) is 4.24. The van der Waals surface area contributed by atoms with Gasteiger partial charge in [-0.05, 0) is 33.7 Å². The Balaban J connectivity index is 1.83. The van der Waals surface area contributed by atoms with Gasteiger partial charge in [-0.15, -0.1) is 0 Å². The number of ether oxygens (including phenoxy) is 1. The summed E-state index contributed by atoms with van der Waals surface area (Å²) in [5, 5.41) is 14.7. The number of hydrogen-bond donors (Lipinski definition) is 0. The van der Waals surface area contributed by atoms with Crippen LogP contribution in [0.2, 0.25) is 0 Å². The molecule has 1 fully saturated rings. The minimum absolute atomic E-state index is 0.180. The molecule has 0 N–H and O–H groups in total. The van der Waals surface area contributed by atoms with Crippen molar-refractivity contribution in [2.24, 2.45) is 0 Å². The van der Waals surface area contributed by atoms with Crippen LogP contribution in [0.5, 0.6) is 0 Å². The topological polar surface area (TPSA) is 55.6 Å². The fourth-order valence-electron chi connectivity index (χ4n) is 3.02. The van der Waals surface area contributed by atoms with Crippen LogP contribution >= 0.6 is 11.3 Å². The number of morpholine rings is 1. The molecule has 0 unspecified atom stereocenters. The highest BCUT2D eigenvalue weighted by Gasteiger charge is 2.23. The van der Waals surface area contributed by atoms with Crippen LogP contribution in [0, 0.1) is 10.1 Å². The van der Waals surface area contributed by atoms with Gasteiger partial charge in [0.2, 0.25) is 0 Å². The molecule has 1 aliphatic heterocycles. The lowest BCUT2D eigenvalue weighted by Crippen LogP contribution is -2.35. The van der Waals surface area contributed by atoms with Gasteiger partial charge < -0.3 is 9.64 Å². The van der Waals surface area contributed by atoms with Crippen molar-refractivity contribution in [3.8, 4) is 11.1 Å². The molecule has 0 amide bonds. The summed E-state index contributed by atoms with van der Waals surface area (Å²) in [7, 11) is 0. The summed E-state index contributed by atoms with van der Waals surface area (Å²) in [6, 6.07) is 16.0. The molecule has 24 heavy (non-hydrogen) atoms. The van der Waals surface area contributed by atoms with Crippen molar-refractivity contribution in [1.29, 1.82) is 0 Å². The second kappa shape index (κ2) is 6.22. The summed E-state index contributed by atoms with van der Waals surface area (Å²) < 4.78 is 5.41. The Morgan fingerprint density at radius 2 is 1.79 bits per heavy atom. The molecule has 1 saturated heterocycles. The zero-order chi connectivity index (χ0) is 16.5. The first-order valence-corrected chi connectivity index (χ1v) is 8.64. The maximum atomic E-state index is 11.3. The Bertz CT molecular complexity index is 900. The lowest BCUT2D eigenvalue weighted by Gasteiger charge is -2.28. The smallest absolute Gasteiger partial charge is 0.326 e. The first-order chi connectivity index (χ1) is 11.7. The van der Waals surface area contributed by atoms with E-state index in [0.29, 0.717) is 13.2 Å². The molecule has 0 atom stereocenters. The zero-order valence-electron chi connectivity index (χ0n) is 13.0. The molecule has 0 bridgehead atoms. The molecule has 1 aromatic heterocycles. The summed E-state index contributed by atoms with van der Waals surface area (Å²) >= 11 is 1.25. The molecule has 122 valence electrons. The highest BCUT2D eigenvalue weighted by atomic mass is 32.1. The number of nitro groups is 1. The van der Waals surface area contributed by atoms with Crippen molar-refractivity contribution >= 4 is 32.1 Å². The molecule has 0 radical (unpaired) electrons. The monoisotopic (exact) mass is 340 g/mol. The van der Waals surface area contributed by atoms with E-state index < -0.39 is 0 Å². The van der Waals surface area contributed by atoms with Crippen LogP contribution in [-0.2, 0) is 4.74 Å². The van der Waals surface area contributed by atoms with E-state index in [1.807, 2.05) is 18.2 Å². The Morgan fingerprint density at radius 1 is 1.04 bits per heavy atom. The van der Waals surface area contributed by atoms with E-state index in [-0.39, 0.29) is 9.92 Å². The van der Waals surface area contributed by atoms with E-state index in [2.05, 4.69) is 29.2 Å². The van der Waals surface area contributed by atoms with Crippen LogP contribution < -0.4 is 4.90 Å². The van der Waals surface area contributed by atoms with Gasteiger partial charge in [0.05, 0.1) is 18.1 Å². The second-order valence-corrected chi connectivity index (χ2v) is 6.73. The Hall–Kier alpha value is -2.44. The van der Waals surface area contributed by atoms with E-state index in [1.165, 1.54) is 16.7 Å². The number of rotatable bonds is 3. The molecule has 1 aliphatic rings. The maximum absolute atomic E-state index is 11.3. The van der Waals surface area contributed by atoms with Gasteiger partial charge in [-0.2, -0.15) is 0 Å². The van der Waals surface area contributed by atoms with Crippen molar-refractivity contribution in [1.82, 2.24) is 0 Å². The van der Waals surface area contributed by atoms with Gasteiger partial charge in [-0.3, -0.25) is 10.1 Å². The summed E-state index contributed by atoms with van der Waals surface area (Å²) in [6.07, 6.45) is 0. The van der Waals surface area contributed by atoms with Crippen molar-refractivity contribution in [3.63, 3.8) is 0 Å². The van der Waals surface area contributed by atoms with Gasteiger partial charge in [-0.25, -0.2) is 0 Å². The lowest BCUT2D eigenvalue weighted by atomic mass is 10.0. The standard InChI is InChI=1S/C18H16N2O3S/c21-20(22)17-12-16(18(24-17)19-7-9-23-10-8-19)15-6-5-13-3-1-2-4-14(13)11-15/h1-6,11-12H,7-10H2. The molecule has 6 heteroatoms. The van der Waals surface area contributed by atoms with Gasteiger partial charge in [0.1, 0.15) is 5.00 Å². The third-order valence-corrected chi connectivity index (χ3v) is 5.39. The highest BCUT2D eigenvalue weighted by molar-refractivity contribution is 7.19. The largest absolute Gasteiger partial charge is 0.378 e. The second-order valence-electron chi connectivity index (χ2n) is 5.72. The van der Waals surface area contributed by atoms with Crippen LogP contribution in [0.15, 0.2) is 48.5 Å². The Kier molecular flexibility index (Phi) is 3.92. The first-order valence-electron chi connectivity index (χ1n) is 7.82. The molecule has 0 aliphatic carbocycles. The van der Waals surface area contributed by atoms with Crippen LogP contribution in [0.3, 0.4) is 0 Å². The molecule has 2 heterocycles. The zero-order valence-corrected chi connectivity index (χ0v) is 13.8. The molecular weight excluding hydrogens is 324 g/mol. The Labute approximate surface area is 143 Å². The number of benzene rings is 2. The molecule has 3 aromatic rings. The third kappa shape index (κ3) is 2.74. The van der Waals surface area contributed by atoms with Crippen molar-refractivity contribution in [2.75, 3.05) is 31.2 Å². The SMILES string of the molecule is O=[N+]([O-])c1cc(-c2ccc3ccccc3c2)c(N2CCOCC2)s1. The van der Waals surface area contributed by atoms with Gasteiger partial charge in [0.25, 0.3) is 0 Å². The molecular formula is C18H16N2O3S. The van der Waals surface area contributed by atoms with Crippen LogP contribution in [0.1, 0.15) is 0 Å². The molecule has 4 rings (SSSR count). The normalized spacial score (nSPS) is 14.9. The number of anilines is 1. The first kappa shape index (κ1) is 15.1. The van der Waals surface area contributed by atoms with Crippen LogP contribution in [-0.4, -0.2) is 31.2 Å². The average Bonchev–Trinajstić information content (AvgIpc) is 3.08. The van der Waals surface area contributed by atoms with Crippen LogP contribution in [0.25, 0.3) is 21.9 Å². The van der Waals surface area contributed by atoms with Crippen LogP contribution in [0.4, 0.5) is 10.0 Å². The highest BCUT2D eigenvalue weighted by Crippen LogP contribution is 2.43. The van der Waals surface area contributed by atoms with Gasteiger partial charge >= 0.3 is 5.00 Å². The van der Waals surface area contributed by atoms with Gasteiger partial charge in [0.15, 0.2) is 0 Å². The lowest BCUT2D eigenvalue weighted by molar-refractivity contribution is -0.380. The Morgan fingerprint density at radius 3 is 2.54 bits per heavy atom. The van der Waals surface area contributed by atoms with E-state index in [0.717, 1.165) is 34.6 Å². The molecule has 2 aromatic carbocycles.